The molecule has 1 amide bonds. The fraction of sp³-hybridized carbons (Fsp3) is 0.583. The summed E-state index contributed by atoms with van der Waals surface area (Å²) in [6.07, 6.45) is 1.91. The van der Waals surface area contributed by atoms with Crippen LogP contribution in [0.5, 0.6) is 0 Å². The Morgan fingerprint density at radius 2 is 2.06 bits per heavy atom. The Morgan fingerprint density at radius 3 is 2.69 bits per heavy atom. The maximum absolute atomic E-state index is 11.6. The van der Waals surface area contributed by atoms with Gasteiger partial charge in [-0.15, -0.1) is 0 Å². The van der Waals surface area contributed by atoms with E-state index in [1.54, 1.807) is 6.07 Å². The first-order valence-electron chi connectivity index (χ1n) is 5.85. The zero-order valence-corrected chi connectivity index (χ0v) is 10.0. The second-order valence-corrected chi connectivity index (χ2v) is 3.63. The highest BCUT2D eigenvalue weighted by atomic mass is 16.3. The second-order valence-electron chi connectivity index (χ2n) is 3.63. The third-order valence-electron chi connectivity index (χ3n) is 2.25. The zero-order chi connectivity index (χ0) is 11.8. The van der Waals surface area contributed by atoms with Crippen LogP contribution in [-0.2, 0) is 6.42 Å². The van der Waals surface area contributed by atoms with Crippen molar-refractivity contribution in [3.63, 3.8) is 0 Å². The van der Waals surface area contributed by atoms with E-state index in [1.807, 2.05) is 13.0 Å². The molecule has 0 aliphatic rings. The number of carbonyl (C=O) groups excluding carboxylic acids is 1. The summed E-state index contributed by atoms with van der Waals surface area (Å²) in [5, 5.41) is 6.01. The van der Waals surface area contributed by atoms with E-state index in [-0.39, 0.29) is 5.91 Å². The zero-order valence-electron chi connectivity index (χ0n) is 10.0. The quantitative estimate of drug-likeness (QED) is 0.691. The van der Waals surface area contributed by atoms with Gasteiger partial charge in [-0.3, -0.25) is 4.79 Å². The van der Waals surface area contributed by atoms with Gasteiger partial charge >= 0.3 is 0 Å². The number of nitrogens with one attached hydrogen (secondary N) is 2. The first-order chi connectivity index (χ1) is 7.77. The highest BCUT2D eigenvalue weighted by molar-refractivity contribution is 5.91. The van der Waals surface area contributed by atoms with Crippen LogP contribution in [0.25, 0.3) is 0 Å². The van der Waals surface area contributed by atoms with Gasteiger partial charge in [-0.1, -0.05) is 13.8 Å². The average Bonchev–Trinajstić information content (AvgIpc) is 2.77. The molecule has 0 aliphatic heterocycles. The van der Waals surface area contributed by atoms with Gasteiger partial charge in [0, 0.05) is 19.5 Å². The molecule has 1 rings (SSSR count). The number of carbonyl (C=O) groups is 1. The van der Waals surface area contributed by atoms with Crippen LogP contribution < -0.4 is 10.6 Å². The third-order valence-corrected chi connectivity index (χ3v) is 2.25. The summed E-state index contributed by atoms with van der Waals surface area (Å²) in [5.74, 6) is 1.10. The molecule has 90 valence electrons. The van der Waals surface area contributed by atoms with E-state index in [0.717, 1.165) is 31.7 Å². The van der Waals surface area contributed by atoms with E-state index in [9.17, 15) is 4.79 Å². The van der Waals surface area contributed by atoms with Gasteiger partial charge in [0.2, 0.25) is 0 Å². The van der Waals surface area contributed by atoms with Crippen molar-refractivity contribution >= 4 is 5.91 Å². The Bertz CT molecular complexity index is 321. The van der Waals surface area contributed by atoms with Crippen molar-refractivity contribution in [3.8, 4) is 0 Å². The van der Waals surface area contributed by atoms with Gasteiger partial charge in [0.15, 0.2) is 5.76 Å². The van der Waals surface area contributed by atoms with E-state index < -0.39 is 0 Å². The Balaban J connectivity index is 2.24. The molecule has 1 aromatic heterocycles. The van der Waals surface area contributed by atoms with Crippen molar-refractivity contribution in [2.24, 2.45) is 0 Å². The number of amides is 1. The van der Waals surface area contributed by atoms with Gasteiger partial charge < -0.3 is 15.1 Å². The van der Waals surface area contributed by atoms with Gasteiger partial charge in [-0.05, 0) is 25.1 Å². The minimum atomic E-state index is -0.141. The van der Waals surface area contributed by atoms with E-state index in [2.05, 4.69) is 17.6 Å². The summed E-state index contributed by atoms with van der Waals surface area (Å²) in [4.78, 5) is 11.6. The molecule has 16 heavy (non-hydrogen) atoms. The van der Waals surface area contributed by atoms with Crippen LogP contribution in [0.1, 0.15) is 36.6 Å². The predicted octanol–water partition coefficient (Wildman–Crippen LogP) is 1.57. The van der Waals surface area contributed by atoms with E-state index in [1.165, 1.54) is 0 Å². The molecule has 0 fully saturated rings. The molecule has 0 bridgehead atoms. The lowest BCUT2D eigenvalue weighted by molar-refractivity contribution is 0.0924. The minimum absolute atomic E-state index is 0.141. The summed E-state index contributed by atoms with van der Waals surface area (Å²) in [6, 6.07) is 3.55. The van der Waals surface area contributed by atoms with Crippen LogP contribution in [0.15, 0.2) is 16.5 Å². The maximum Gasteiger partial charge on any atom is 0.287 e. The van der Waals surface area contributed by atoms with E-state index >= 15 is 0 Å². The van der Waals surface area contributed by atoms with Crippen LogP contribution >= 0.6 is 0 Å². The lowest BCUT2D eigenvalue weighted by Crippen LogP contribution is -2.31. The largest absolute Gasteiger partial charge is 0.456 e. The van der Waals surface area contributed by atoms with Crippen LogP contribution in [0.3, 0.4) is 0 Å². The molecular weight excluding hydrogens is 204 g/mol. The Labute approximate surface area is 96.4 Å². The molecule has 0 aliphatic carbocycles. The Hall–Kier alpha value is -1.29. The van der Waals surface area contributed by atoms with Crippen molar-refractivity contribution in [2.75, 3.05) is 19.6 Å². The van der Waals surface area contributed by atoms with Crippen LogP contribution in [0.4, 0.5) is 0 Å². The number of hydrogen-bond donors (Lipinski definition) is 2. The first kappa shape index (κ1) is 12.8. The molecule has 0 radical (unpaired) electrons. The number of aryl methyl sites for hydroxylation is 1. The number of hydrogen-bond acceptors (Lipinski definition) is 3. The van der Waals surface area contributed by atoms with Gasteiger partial charge in [0.1, 0.15) is 5.76 Å². The summed E-state index contributed by atoms with van der Waals surface area (Å²) >= 11 is 0. The molecule has 0 saturated heterocycles. The van der Waals surface area contributed by atoms with Gasteiger partial charge in [-0.25, -0.2) is 0 Å². The predicted molar refractivity (Wildman–Crippen MR) is 63.6 cm³/mol. The number of rotatable bonds is 7. The lowest BCUT2D eigenvalue weighted by Gasteiger charge is -2.04. The molecule has 1 aromatic rings. The molecule has 1 heterocycles. The van der Waals surface area contributed by atoms with Crippen molar-refractivity contribution in [3.05, 3.63) is 23.7 Å². The monoisotopic (exact) mass is 224 g/mol. The van der Waals surface area contributed by atoms with Crippen molar-refractivity contribution in [1.29, 1.82) is 0 Å². The molecular formula is C12H20N2O2. The van der Waals surface area contributed by atoms with Crippen LogP contribution in [0.2, 0.25) is 0 Å². The smallest absolute Gasteiger partial charge is 0.287 e. The molecule has 4 nitrogen and oxygen atoms in total. The molecule has 0 unspecified atom stereocenters. The fourth-order valence-electron chi connectivity index (χ4n) is 1.34. The second kappa shape index (κ2) is 7.06. The van der Waals surface area contributed by atoms with E-state index in [4.69, 9.17) is 4.42 Å². The Morgan fingerprint density at radius 1 is 1.25 bits per heavy atom. The topological polar surface area (TPSA) is 54.3 Å². The minimum Gasteiger partial charge on any atom is -0.456 e. The molecule has 0 atom stereocenters. The molecule has 0 spiro atoms. The first-order valence-corrected chi connectivity index (χ1v) is 5.85. The van der Waals surface area contributed by atoms with Crippen molar-refractivity contribution < 1.29 is 9.21 Å². The number of furan rings is 1. The summed E-state index contributed by atoms with van der Waals surface area (Å²) < 4.78 is 5.34. The highest BCUT2D eigenvalue weighted by Crippen LogP contribution is 2.07. The van der Waals surface area contributed by atoms with Gasteiger partial charge in [0.25, 0.3) is 5.91 Å². The van der Waals surface area contributed by atoms with Gasteiger partial charge in [-0.2, -0.15) is 0 Å². The molecule has 0 aromatic carbocycles. The lowest BCUT2D eigenvalue weighted by atomic mass is 10.3. The standard InChI is InChI=1S/C12H20N2O2/c1-3-7-13-8-9-14-12(15)11-6-5-10(4-2)16-11/h5-6,13H,3-4,7-9H2,1-2H3,(H,14,15). The normalized spacial score (nSPS) is 10.4. The molecule has 2 N–H and O–H groups in total. The Kier molecular flexibility index (Phi) is 5.64. The molecule has 4 heteroatoms. The van der Waals surface area contributed by atoms with Crippen molar-refractivity contribution in [1.82, 2.24) is 10.6 Å². The maximum atomic E-state index is 11.6. The summed E-state index contributed by atoms with van der Waals surface area (Å²) in [7, 11) is 0. The average molecular weight is 224 g/mol. The van der Waals surface area contributed by atoms with Gasteiger partial charge in [0.05, 0.1) is 0 Å². The van der Waals surface area contributed by atoms with Crippen LogP contribution in [0, 0.1) is 0 Å². The molecule has 0 saturated carbocycles. The van der Waals surface area contributed by atoms with Crippen LogP contribution in [-0.4, -0.2) is 25.5 Å². The summed E-state index contributed by atoms with van der Waals surface area (Å²) in [5.41, 5.74) is 0. The summed E-state index contributed by atoms with van der Waals surface area (Å²) in [6.45, 7) is 6.51. The fourth-order valence-corrected chi connectivity index (χ4v) is 1.34. The van der Waals surface area contributed by atoms with Crippen molar-refractivity contribution in [2.45, 2.75) is 26.7 Å². The SMILES string of the molecule is CCCNCCNC(=O)c1ccc(CC)o1. The third kappa shape index (κ3) is 4.06. The van der Waals surface area contributed by atoms with E-state index in [0.29, 0.717) is 12.3 Å². The highest BCUT2D eigenvalue weighted by Gasteiger charge is 2.09.